The van der Waals surface area contributed by atoms with Gasteiger partial charge in [0, 0.05) is 18.9 Å². The molecule has 2 aromatic heterocycles. The number of hydrogen-bond donors (Lipinski definition) is 2. The first kappa shape index (κ1) is 11.7. The first-order valence-electron chi connectivity index (χ1n) is 6.85. The summed E-state index contributed by atoms with van der Waals surface area (Å²) in [6.07, 6.45) is 5.67. The van der Waals surface area contributed by atoms with Crippen molar-refractivity contribution in [3.8, 4) is 0 Å². The lowest BCUT2D eigenvalue weighted by molar-refractivity contribution is 0.00545. The third-order valence-corrected chi connectivity index (χ3v) is 4.19. The fraction of sp³-hybridized carbons (Fsp3) is 0.429. The summed E-state index contributed by atoms with van der Waals surface area (Å²) in [5.41, 5.74) is 0.714. The van der Waals surface area contributed by atoms with Crippen LogP contribution < -0.4 is 10.6 Å². The number of hydrogen-bond acceptors (Lipinski definition) is 3. The minimum absolute atomic E-state index is 0.0942. The molecule has 6 heteroatoms. The van der Waals surface area contributed by atoms with E-state index in [9.17, 15) is 4.79 Å². The molecule has 1 aliphatic carbocycles. The first-order chi connectivity index (χ1) is 9.74. The van der Waals surface area contributed by atoms with Crippen LogP contribution in [0.15, 0.2) is 30.6 Å². The van der Waals surface area contributed by atoms with Crippen LogP contribution in [0.5, 0.6) is 0 Å². The van der Waals surface area contributed by atoms with Crippen molar-refractivity contribution in [2.75, 3.05) is 18.5 Å². The van der Waals surface area contributed by atoms with Gasteiger partial charge in [0.25, 0.3) is 0 Å². The van der Waals surface area contributed by atoms with Gasteiger partial charge < -0.3 is 10.1 Å². The van der Waals surface area contributed by atoms with Crippen LogP contribution in [-0.4, -0.2) is 34.2 Å². The SMILES string of the molecule is O=C(NCC12CC(CO1)C2)Nc1cccc2nccn12. The molecular formula is C14H16N4O2. The van der Waals surface area contributed by atoms with E-state index in [2.05, 4.69) is 15.6 Å². The molecule has 2 N–H and O–H groups in total. The van der Waals surface area contributed by atoms with Crippen molar-refractivity contribution in [1.29, 1.82) is 0 Å². The topological polar surface area (TPSA) is 67.7 Å². The van der Waals surface area contributed by atoms with E-state index in [-0.39, 0.29) is 11.6 Å². The van der Waals surface area contributed by atoms with Gasteiger partial charge in [0.15, 0.2) is 0 Å². The van der Waals surface area contributed by atoms with E-state index in [1.807, 2.05) is 28.8 Å². The Kier molecular flexibility index (Phi) is 2.47. The molecule has 2 aliphatic heterocycles. The summed E-state index contributed by atoms with van der Waals surface area (Å²) >= 11 is 0. The van der Waals surface area contributed by atoms with Crippen molar-refractivity contribution in [3.05, 3.63) is 30.6 Å². The van der Waals surface area contributed by atoms with Crippen LogP contribution in [0.1, 0.15) is 12.8 Å². The summed E-state index contributed by atoms with van der Waals surface area (Å²) in [6, 6.07) is 5.40. The number of aromatic nitrogens is 2. The monoisotopic (exact) mass is 272 g/mol. The Morgan fingerprint density at radius 3 is 3.20 bits per heavy atom. The lowest BCUT2D eigenvalue weighted by atomic mass is 9.74. The number of ether oxygens (including phenoxy) is 1. The van der Waals surface area contributed by atoms with Crippen LogP contribution in [0.2, 0.25) is 0 Å². The van der Waals surface area contributed by atoms with E-state index >= 15 is 0 Å². The predicted molar refractivity (Wildman–Crippen MR) is 73.6 cm³/mol. The van der Waals surface area contributed by atoms with Crippen molar-refractivity contribution in [3.63, 3.8) is 0 Å². The molecular weight excluding hydrogens is 256 g/mol. The molecule has 20 heavy (non-hydrogen) atoms. The highest BCUT2D eigenvalue weighted by Gasteiger charge is 2.51. The standard InChI is InChI=1S/C14H16N4O2/c19-13(16-9-14-6-10(7-14)8-20-14)17-12-3-1-2-11-15-4-5-18(11)12/h1-5,10H,6-9H2,(H2,16,17,19). The first-order valence-corrected chi connectivity index (χ1v) is 6.85. The second-order valence-corrected chi connectivity index (χ2v) is 5.64. The number of rotatable bonds is 3. The molecule has 2 bridgehead atoms. The van der Waals surface area contributed by atoms with Gasteiger partial charge in [-0.1, -0.05) is 6.07 Å². The van der Waals surface area contributed by atoms with Crippen LogP contribution in [0.25, 0.3) is 5.65 Å². The smallest absolute Gasteiger partial charge is 0.320 e. The molecule has 1 saturated carbocycles. The fourth-order valence-corrected chi connectivity index (χ4v) is 3.17. The minimum Gasteiger partial charge on any atom is -0.373 e. The largest absolute Gasteiger partial charge is 0.373 e. The Morgan fingerprint density at radius 1 is 1.50 bits per heavy atom. The van der Waals surface area contributed by atoms with Crippen LogP contribution in [0, 0.1) is 5.92 Å². The van der Waals surface area contributed by atoms with E-state index < -0.39 is 0 Å². The molecule has 3 fully saturated rings. The Hall–Kier alpha value is -2.08. The van der Waals surface area contributed by atoms with E-state index in [0.29, 0.717) is 18.3 Å². The van der Waals surface area contributed by atoms with Gasteiger partial charge in [0.05, 0.1) is 12.2 Å². The van der Waals surface area contributed by atoms with Crippen molar-refractivity contribution < 1.29 is 9.53 Å². The van der Waals surface area contributed by atoms with Crippen LogP contribution in [0.3, 0.4) is 0 Å². The third kappa shape index (κ3) is 1.84. The molecule has 0 radical (unpaired) electrons. The summed E-state index contributed by atoms with van der Waals surface area (Å²) in [4.78, 5) is 16.2. The summed E-state index contributed by atoms with van der Waals surface area (Å²) in [7, 11) is 0. The Bertz CT molecular complexity index is 654. The average Bonchev–Trinajstić information content (AvgIpc) is 3.11. The van der Waals surface area contributed by atoms with E-state index in [1.165, 1.54) is 0 Å². The highest BCUT2D eigenvalue weighted by molar-refractivity contribution is 5.88. The molecule has 2 amide bonds. The molecule has 0 unspecified atom stereocenters. The zero-order chi connectivity index (χ0) is 13.6. The quantitative estimate of drug-likeness (QED) is 0.892. The number of urea groups is 1. The van der Waals surface area contributed by atoms with E-state index in [1.54, 1.807) is 6.20 Å². The van der Waals surface area contributed by atoms with Crippen LogP contribution in [-0.2, 0) is 4.74 Å². The molecule has 0 spiro atoms. The molecule has 6 nitrogen and oxygen atoms in total. The van der Waals surface area contributed by atoms with Gasteiger partial charge in [-0.05, 0) is 30.9 Å². The number of amides is 2. The number of carbonyl (C=O) groups is 1. The highest BCUT2D eigenvalue weighted by atomic mass is 16.5. The lowest BCUT2D eigenvalue weighted by Crippen LogP contribution is -2.48. The molecule has 0 atom stereocenters. The molecule has 4 heterocycles. The normalized spacial score (nSPS) is 27.3. The summed E-state index contributed by atoms with van der Waals surface area (Å²) in [5, 5.41) is 5.75. The van der Waals surface area contributed by atoms with Gasteiger partial charge in [-0.3, -0.25) is 9.72 Å². The third-order valence-electron chi connectivity index (χ3n) is 4.19. The average molecular weight is 272 g/mol. The second-order valence-electron chi connectivity index (χ2n) is 5.64. The molecule has 0 aromatic carbocycles. The minimum atomic E-state index is -0.209. The number of imidazole rings is 1. The van der Waals surface area contributed by atoms with Gasteiger partial charge in [-0.15, -0.1) is 0 Å². The van der Waals surface area contributed by atoms with E-state index in [0.717, 1.165) is 25.1 Å². The number of pyridine rings is 1. The molecule has 2 aromatic rings. The maximum absolute atomic E-state index is 12.0. The fourth-order valence-electron chi connectivity index (χ4n) is 3.17. The highest BCUT2D eigenvalue weighted by Crippen LogP contribution is 2.47. The number of carbonyl (C=O) groups excluding carboxylic acids is 1. The number of nitrogens with one attached hydrogen (secondary N) is 2. The predicted octanol–water partition coefficient (Wildman–Crippen LogP) is 1.63. The zero-order valence-corrected chi connectivity index (χ0v) is 11.0. The maximum Gasteiger partial charge on any atom is 0.320 e. The van der Waals surface area contributed by atoms with E-state index in [4.69, 9.17) is 4.74 Å². The van der Waals surface area contributed by atoms with Gasteiger partial charge in [0.1, 0.15) is 11.5 Å². The van der Waals surface area contributed by atoms with Gasteiger partial charge in [-0.25, -0.2) is 9.78 Å². The van der Waals surface area contributed by atoms with Crippen LogP contribution in [0.4, 0.5) is 10.6 Å². The molecule has 2 saturated heterocycles. The number of anilines is 1. The number of nitrogens with zero attached hydrogens (tertiary/aromatic N) is 2. The Labute approximate surface area is 116 Å². The maximum atomic E-state index is 12.0. The molecule has 5 rings (SSSR count). The Morgan fingerprint density at radius 2 is 2.40 bits per heavy atom. The van der Waals surface area contributed by atoms with Crippen molar-refractivity contribution >= 4 is 17.5 Å². The summed E-state index contributed by atoms with van der Waals surface area (Å²) in [6.45, 7) is 1.42. The summed E-state index contributed by atoms with van der Waals surface area (Å²) in [5.74, 6) is 1.41. The molecule has 104 valence electrons. The zero-order valence-electron chi connectivity index (χ0n) is 11.0. The van der Waals surface area contributed by atoms with Crippen LogP contribution >= 0.6 is 0 Å². The second kappa shape index (κ2) is 4.21. The molecule has 3 aliphatic rings. The van der Waals surface area contributed by atoms with Gasteiger partial charge in [-0.2, -0.15) is 0 Å². The Balaban J connectivity index is 1.41. The van der Waals surface area contributed by atoms with Crippen molar-refractivity contribution in [2.24, 2.45) is 5.92 Å². The van der Waals surface area contributed by atoms with Gasteiger partial charge in [0.2, 0.25) is 0 Å². The van der Waals surface area contributed by atoms with Crippen molar-refractivity contribution in [1.82, 2.24) is 14.7 Å². The lowest BCUT2D eigenvalue weighted by Gasteiger charge is -2.35. The van der Waals surface area contributed by atoms with Gasteiger partial charge >= 0.3 is 6.03 Å². The summed E-state index contributed by atoms with van der Waals surface area (Å²) < 4.78 is 7.55. The number of fused-ring (bicyclic) bond motifs is 2. The van der Waals surface area contributed by atoms with Crippen molar-refractivity contribution in [2.45, 2.75) is 18.4 Å².